The van der Waals surface area contributed by atoms with Crippen LogP contribution in [0.25, 0.3) is 6.08 Å². The minimum atomic E-state index is -0.217. The molecule has 2 N–H and O–H groups in total. The zero-order chi connectivity index (χ0) is 13.7. The van der Waals surface area contributed by atoms with Crippen LogP contribution in [0.2, 0.25) is 0 Å². The van der Waals surface area contributed by atoms with E-state index in [0.29, 0.717) is 5.69 Å². The van der Waals surface area contributed by atoms with Gasteiger partial charge in [-0.15, -0.1) is 0 Å². The summed E-state index contributed by atoms with van der Waals surface area (Å²) in [5.74, 6) is -0.0478. The van der Waals surface area contributed by atoms with Crippen molar-refractivity contribution < 1.29 is 9.90 Å². The highest BCUT2D eigenvalue weighted by molar-refractivity contribution is 9.10. The van der Waals surface area contributed by atoms with Crippen LogP contribution in [0.1, 0.15) is 5.56 Å². The molecule has 0 saturated carbocycles. The lowest BCUT2D eigenvalue weighted by molar-refractivity contribution is -0.111. The summed E-state index contributed by atoms with van der Waals surface area (Å²) in [6.45, 7) is 0. The summed E-state index contributed by atoms with van der Waals surface area (Å²) in [5.41, 5.74) is 1.58. The van der Waals surface area contributed by atoms with Crippen LogP contribution in [0.3, 0.4) is 0 Å². The molecule has 3 nitrogen and oxygen atoms in total. The fraction of sp³-hybridized carbons (Fsp3) is 0. The zero-order valence-corrected chi connectivity index (χ0v) is 11.6. The number of phenols is 1. The molecule has 0 aromatic heterocycles. The van der Waals surface area contributed by atoms with Crippen molar-refractivity contribution in [1.29, 1.82) is 0 Å². The number of amides is 1. The maximum absolute atomic E-state index is 11.7. The van der Waals surface area contributed by atoms with E-state index >= 15 is 0 Å². The van der Waals surface area contributed by atoms with Crippen LogP contribution in [0, 0.1) is 0 Å². The van der Waals surface area contributed by atoms with Gasteiger partial charge in [-0.25, -0.2) is 0 Å². The summed E-state index contributed by atoms with van der Waals surface area (Å²) in [6.07, 6.45) is 3.20. The smallest absolute Gasteiger partial charge is 0.248 e. The topological polar surface area (TPSA) is 49.3 Å². The standard InChI is InChI=1S/C15H12BrNO2/c16-12-3-1-2-11(10-12)4-9-15(19)17-13-5-7-14(18)8-6-13/h1-10,18H,(H,17,19)/b9-4+. The highest BCUT2D eigenvalue weighted by Crippen LogP contribution is 2.14. The van der Waals surface area contributed by atoms with E-state index in [4.69, 9.17) is 5.11 Å². The molecule has 0 aliphatic heterocycles. The molecular weight excluding hydrogens is 306 g/mol. The van der Waals surface area contributed by atoms with Gasteiger partial charge in [0.2, 0.25) is 5.91 Å². The van der Waals surface area contributed by atoms with Gasteiger partial charge in [-0.1, -0.05) is 28.1 Å². The molecule has 2 aromatic rings. The first-order chi connectivity index (χ1) is 9.13. The zero-order valence-electron chi connectivity index (χ0n) is 10.0. The molecule has 0 saturated heterocycles. The van der Waals surface area contributed by atoms with E-state index in [-0.39, 0.29) is 11.7 Å². The number of halogens is 1. The second-order valence-corrected chi connectivity index (χ2v) is 4.84. The second-order valence-electron chi connectivity index (χ2n) is 3.92. The number of carbonyl (C=O) groups is 1. The van der Waals surface area contributed by atoms with Crippen LogP contribution >= 0.6 is 15.9 Å². The average Bonchev–Trinajstić information content (AvgIpc) is 2.39. The second kappa shape index (κ2) is 6.20. The summed E-state index contributed by atoms with van der Waals surface area (Å²) < 4.78 is 0.966. The van der Waals surface area contributed by atoms with Gasteiger partial charge in [0.1, 0.15) is 5.75 Å². The average molecular weight is 318 g/mol. The molecule has 2 aromatic carbocycles. The number of phenolic OH excluding ortho intramolecular Hbond substituents is 1. The number of hydrogen-bond donors (Lipinski definition) is 2. The molecule has 0 unspecified atom stereocenters. The van der Waals surface area contributed by atoms with Crippen molar-refractivity contribution in [3.05, 3.63) is 64.6 Å². The summed E-state index contributed by atoms with van der Waals surface area (Å²) >= 11 is 3.37. The number of hydrogen-bond acceptors (Lipinski definition) is 2. The molecule has 0 atom stereocenters. The first-order valence-corrected chi connectivity index (χ1v) is 6.46. The Bertz CT molecular complexity index is 606. The predicted molar refractivity (Wildman–Crippen MR) is 79.9 cm³/mol. The van der Waals surface area contributed by atoms with Crippen LogP contribution in [0.15, 0.2) is 59.1 Å². The third kappa shape index (κ3) is 4.26. The normalized spacial score (nSPS) is 10.6. The quantitative estimate of drug-likeness (QED) is 0.668. The Morgan fingerprint density at radius 1 is 1.16 bits per heavy atom. The molecule has 0 aliphatic carbocycles. The Morgan fingerprint density at radius 3 is 2.58 bits per heavy atom. The molecule has 0 spiro atoms. The number of nitrogens with one attached hydrogen (secondary N) is 1. The van der Waals surface area contributed by atoms with Gasteiger partial charge >= 0.3 is 0 Å². The minimum Gasteiger partial charge on any atom is -0.508 e. The predicted octanol–water partition coefficient (Wildman–Crippen LogP) is 3.81. The molecule has 96 valence electrons. The molecule has 0 heterocycles. The van der Waals surface area contributed by atoms with E-state index in [9.17, 15) is 4.79 Å². The molecular formula is C15H12BrNO2. The van der Waals surface area contributed by atoms with Gasteiger partial charge in [0.05, 0.1) is 0 Å². The molecule has 1 amide bonds. The molecule has 0 fully saturated rings. The SMILES string of the molecule is O=C(/C=C/c1cccc(Br)c1)Nc1ccc(O)cc1. The van der Waals surface area contributed by atoms with Gasteiger partial charge < -0.3 is 10.4 Å². The lowest BCUT2D eigenvalue weighted by Crippen LogP contribution is -2.07. The molecule has 4 heteroatoms. The molecule has 0 radical (unpaired) electrons. The monoisotopic (exact) mass is 317 g/mol. The Labute approximate surface area is 119 Å². The van der Waals surface area contributed by atoms with Crippen molar-refractivity contribution in [3.8, 4) is 5.75 Å². The molecule has 0 bridgehead atoms. The van der Waals surface area contributed by atoms with Crippen molar-refractivity contribution in [2.45, 2.75) is 0 Å². The highest BCUT2D eigenvalue weighted by Gasteiger charge is 1.98. The largest absolute Gasteiger partial charge is 0.508 e. The fourth-order valence-electron chi connectivity index (χ4n) is 1.51. The maximum Gasteiger partial charge on any atom is 0.248 e. The van der Waals surface area contributed by atoms with Crippen molar-refractivity contribution in [2.24, 2.45) is 0 Å². The number of benzene rings is 2. The van der Waals surface area contributed by atoms with Gasteiger partial charge in [0, 0.05) is 16.2 Å². The first-order valence-electron chi connectivity index (χ1n) is 5.67. The Balaban J connectivity index is 1.99. The van der Waals surface area contributed by atoms with Gasteiger partial charge in [-0.05, 0) is 48.0 Å². The Hall–Kier alpha value is -2.07. The van der Waals surface area contributed by atoms with E-state index in [0.717, 1.165) is 10.0 Å². The van der Waals surface area contributed by atoms with Crippen LogP contribution < -0.4 is 5.32 Å². The van der Waals surface area contributed by atoms with Crippen molar-refractivity contribution >= 4 is 33.6 Å². The summed E-state index contributed by atoms with van der Waals surface area (Å²) in [7, 11) is 0. The van der Waals surface area contributed by atoms with Crippen LogP contribution in [0.5, 0.6) is 5.75 Å². The van der Waals surface area contributed by atoms with Crippen LogP contribution in [-0.2, 0) is 4.79 Å². The van der Waals surface area contributed by atoms with Crippen molar-refractivity contribution in [1.82, 2.24) is 0 Å². The van der Waals surface area contributed by atoms with Crippen LogP contribution in [-0.4, -0.2) is 11.0 Å². The number of rotatable bonds is 3. The van der Waals surface area contributed by atoms with Crippen molar-refractivity contribution in [2.75, 3.05) is 5.32 Å². The number of aromatic hydroxyl groups is 1. The Morgan fingerprint density at radius 2 is 1.89 bits per heavy atom. The minimum absolute atomic E-state index is 0.169. The molecule has 2 rings (SSSR count). The van der Waals surface area contributed by atoms with E-state index < -0.39 is 0 Å². The van der Waals surface area contributed by atoms with Gasteiger partial charge in [0.15, 0.2) is 0 Å². The lowest BCUT2D eigenvalue weighted by atomic mass is 10.2. The molecule has 19 heavy (non-hydrogen) atoms. The summed E-state index contributed by atoms with van der Waals surface area (Å²) in [5, 5.41) is 11.8. The highest BCUT2D eigenvalue weighted by atomic mass is 79.9. The van der Waals surface area contributed by atoms with Crippen molar-refractivity contribution in [3.63, 3.8) is 0 Å². The number of carbonyl (C=O) groups excluding carboxylic acids is 1. The van der Waals surface area contributed by atoms with Gasteiger partial charge in [-0.3, -0.25) is 4.79 Å². The summed E-state index contributed by atoms with van der Waals surface area (Å²) in [4.78, 5) is 11.7. The molecule has 0 aliphatic rings. The van der Waals surface area contributed by atoms with Gasteiger partial charge in [-0.2, -0.15) is 0 Å². The van der Waals surface area contributed by atoms with E-state index in [1.54, 1.807) is 18.2 Å². The van der Waals surface area contributed by atoms with E-state index in [1.165, 1.54) is 18.2 Å². The fourth-order valence-corrected chi connectivity index (χ4v) is 1.93. The van der Waals surface area contributed by atoms with Crippen LogP contribution in [0.4, 0.5) is 5.69 Å². The van der Waals surface area contributed by atoms with E-state index in [1.807, 2.05) is 24.3 Å². The third-order valence-electron chi connectivity index (χ3n) is 2.41. The lowest BCUT2D eigenvalue weighted by Gasteiger charge is -2.01. The summed E-state index contributed by atoms with van der Waals surface area (Å²) in [6, 6.07) is 14.0. The van der Waals surface area contributed by atoms with Gasteiger partial charge in [0.25, 0.3) is 0 Å². The van der Waals surface area contributed by atoms with E-state index in [2.05, 4.69) is 21.2 Å². The Kier molecular flexibility index (Phi) is 4.36. The first kappa shape index (κ1) is 13.4. The third-order valence-corrected chi connectivity index (χ3v) is 2.90. The maximum atomic E-state index is 11.7. The number of anilines is 1.